The lowest BCUT2D eigenvalue weighted by Gasteiger charge is -2.30. The van der Waals surface area contributed by atoms with Crippen LogP contribution < -0.4 is 5.32 Å². The summed E-state index contributed by atoms with van der Waals surface area (Å²) in [4.78, 5) is 15.1. The molecule has 6 nitrogen and oxygen atoms in total. The predicted octanol–water partition coefficient (Wildman–Crippen LogP) is 2.37. The Hall–Kier alpha value is -1.73. The number of aryl methyl sites for hydroxylation is 1. The van der Waals surface area contributed by atoms with Gasteiger partial charge in [-0.05, 0) is 44.8 Å². The molecule has 1 N–H and O–H groups in total. The van der Waals surface area contributed by atoms with Crippen molar-refractivity contribution in [2.75, 3.05) is 13.6 Å². The molecule has 0 saturated carbocycles. The number of carbonyl (C=O) groups excluding carboxylic acids is 1. The van der Waals surface area contributed by atoms with Gasteiger partial charge in [-0.2, -0.15) is 0 Å². The number of nitrogens with zero attached hydrogens (tertiary/aromatic N) is 4. The fourth-order valence-electron chi connectivity index (χ4n) is 3.18. The summed E-state index contributed by atoms with van der Waals surface area (Å²) >= 11 is 1.57. The molecular weight excluding hydrogens is 310 g/mol. The van der Waals surface area contributed by atoms with E-state index in [1.165, 1.54) is 0 Å². The zero-order valence-corrected chi connectivity index (χ0v) is 14.7. The summed E-state index contributed by atoms with van der Waals surface area (Å²) in [6.07, 6.45) is 3.00. The smallest absolute Gasteiger partial charge is 0.257 e. The third-order valence-electron chi connectivity index (χ3n) is 4.33. The highest BCUT2D eigenvalue weighted by Gasteiger charge is 2.32. The van der Waals surface area contributed by atoms with E-state index in [0.717, 1.165) is 48.0 Å². The van der Waals surface area contributed by atoms with Crippen LogP contribution in [0.25, 0.3) is 5.00 Å². The summed E-state index contributed by atoms with van der Waals surface area (Å²) in [7, 11) is 1.95. The van der Waals surface area contributed by atoms with Gasteiger partial charge in [-0.3, -0.25) is 9.36 Å². The SMILES string of the molecule is CCCC(CCNC)N1Cc2nnc(C)n2-c2sccc2C1=O. The Kier molecular flexibility index (Phi) is 4.77. The largest absolute Gasteiger partial charge is 0.328 e. The van der Waals surface area contributed by atoms with Gasteiger partial charge in [0, 0.05) is 6.04 Å². The van der Waals surface area contributed by atoms with Crippen LogP contribution in [0.3, 0.4) is 0 Å². The first-order valence-corrected chi connectivity index (χ1v) is 8.99. The van der Waals surface area contributed by atoms with Gasteiger partial charge in [0.25, 0.3) is 5.91 Å². The van der Waals surface area contributed by atoms with Gasteiger partial charge in [-0.1, -0.05) is 13.3 Å². The van der Waals surface area contributed by atoms with Gasteiger partial charge in [-0.25, -0.2) is 0 Å². The maximum Gasteiger partial charge on any atom is 0.257 e. The number of fused-ring (bicyclic) bond motifs is 3. The lowest BCUT2D eigenvalue weighted by Crippen LogP contribution is -2.40. The van der Waals surface area contributed by atoms with Crippen molar-refractivity contribution in [2.24, 2.45) is 0 Å². The van der Waals surface area contributed by atoms with Crippen molar-refractivity contribution in [3.05, 3.63) is 28.7 Å². The number of hydrogen-bond donors (Lipinski definition) is 1. The van der Waals surface area contributed by atoms with Crippen molar-refractivity contribution in [3.8, 4) is 5.00 Å². The van der Waals surface area contributed by atoms with E-state index in [1.54, 1.807) is 11.3 Å². The molecule has 1 aliphatic heterocycles. The molecule has 0 bridgehead atoms. The van der Waals surface area contributed by atoms with Crippen molar-refractivity contribution in [1.29, 1.82) is 0 Å². The highest BCUT2D eigenvalue weighted by molar-refractivity contribution is 7.13. The summed E-state index contributed by atoms with van der Waals surface area (Å²) in [6.45, 7) is 5.52. The van der Waals surface area contributed by atoms with Crippen molar-refractivity contribution in [2.45, 2.75) is 45.7 Å². The highest BCUT2D eigenvalue weighted by Crippen LogP contribution is 2.31. The summed E-state index contributed by atoms with van der Waals surface area (Å²) in [5, 5.41) is 14.6. The lowest BCUT2D eigenvalue weighted by atomic mass is 10.1. The number of nitrogens with one attached hydrogen (secondary N) is 1. The minimum absolute atomic E-state index is 0.112. The Balaban J connectivity index is 2.02. The van der Waals surface area contributed by atoms with Gasteiger partial charge in [-0.15, -0.1) is 21.5 Å². The maximum absolute atomic E-state index is 13.1. The molecule has 1 amide bonds. The molecule has 0 aliphatic carbocycles. The molecule has 0 fully saturated rings. The van der Waals surface area contributed by atoms with Crippen molar-refractivity contribution in [3.63, 3.8) is 0 Å². The molecule has 2 aromatic heterocycles. The van der Waals surface area contributed by atoms with E-state index in [1.807, 2.05) is 34.9 Å². The maximum atomic E-state index is 13.1. The lowest BCUT2D eigenvalue weighted by molar-refractivity contribution is 0.0639. The third kappa shape index (κ3) is 2.90. The molecule has 0 radical (unpaired) electrons. The predicted molar refractivity (Wildman–Crippen MR) is 91.1 cm³/mol. The van der Waals surface area contributed by atoms with Crippen LogP contribution in [0.4, 0.5) is 0 Å². The summed E-state index contributed by atoms with van der Waals surface area (Å²) in [5.41, 5.74) is 0.766. The molecule has 1 aliphatic rings. The van der Waals surface area contributed by atoms with Gasteiger partial charge < -0.3 is 10.2 Å². The average Bonchev–Trinajstić information content (AvgIpc) is 3.12. The van der Waals surface area contributed by atoms with Crippen LogP contribution in [0.1, 0.15) is 48.2 Å². The van der Waals surface area contributed by atoms with Crippen LogP contribution in [0.5, 0.6) is 0 Å². The van der Waals surface area contributed by atoms with Gasteiger partial charge in [0.1, 0.15) is 10.8 Å². The second kappa shape index (κ2) is 6.80. The van der Waals surface area contributed by atoms with Gasteiger partial charge >= 0.3 is 0 Å². The molecule has 23 heavy (non-hydrogen) atoms. The fraction of sp³-hybridized carbons (Fsp3) is 0.562. The summed E-state index contributed by atoms with van der Waals surface area (Å²) in [5.74, 6) is 1.80. The first kappa shape index (κ1) is 16.1. The van der Waals surface area contributed by atoms with Crippen LogP contribution in [0.2, 0.25) is 0 Å². The Labute approximate surface area is 140 Å². The van der Waals surface area contributed by atoms with E-state index >= 15 is 0 Å². The topological polar surface area (TPSA) is 63.0 Å². The zero-order chi connectivity index (χ0) is 16.4. The first-order chi connectivity index (χ1) is 11.2. The molecule has 124 valence electrons. The first-order valence-electron chi connectivity index (χ1n) is 8.11. The Morgan fingerprint density at radius 1 is 1.39 bits per heavy atom. The summed E-state index contributed by atoms with van der Waals surface area (Å²) < 4.78 is 2.03. The van der Waals surface area contributed by atoms with E-state index in [4.69, 9.17) is 0 Å². The zero-order valence-electron chi connectivity index (χ0n) is 13.9. The van der Waals surface area contributed by atoms with Crippen molar-refractivity contribution < 1.29 is 4.79 Å². The normalized spacial score (nSPS) is 15.3. The number of hydrogen-bond acceptors (Lipinski definition) is 5. The standard InChI is InChI=1S/C16H23N5OS/c1-4-5-12(6-8-17-3)20-10-14-19-18-11(2)21(14)16-13(15(20)22)7-9-23-16/h7,9,12,17H,4-6,8,10H2,1-3H3. The number of amides is 1. The van der Waals surface area contributed by atoms with Gasteiger partial charge in [0.15, 0.2) is 5.82 Å². The molecule has 0 spiro atoms. The molecule has 0 aromatic carbocycles. The molecule has 0 saturated heterocycles. The minimum atomic E-state index is 0.112. The van der Waals surface area contributed by atoms with Crippen molar-refractivity contribution in [1.82, 2.24) is 25.0 Å². The van der Waals surface area contributed by atoms with Gasteiger partial charge in [0.2, 0.25) is 0 Å². The second-order valence-corrected chi connectivity index (χ2v) is 6.80. The van der Waals surface area contributed by atoms with E-state index in [2.05, 4.69) is 22.4 Å². The van der Waals surface area contributed by atoms with E-state index in [9.17, 15) is 4.79 Å². The number of carbonyl (C=O) groups is 1. The molecule has 1 unspecified atom stereocenters. The fourth-order valence-corrected chi connectivity index (χ4v) is 4.14. The molecule has 3 rings (SSSR count). The number of thiophene rings is 1. The molecule has 3 heterocycles. The quantitative estimate of drug-likeness (QED) is 0.881. The Morgan fingerprint density at radius 3 is 2.96 bits per heavy atom. The Morgan fingerprint density at radius 2 is 2.22 bits per heavy atom. The van der Waals surface area contributed by atoms with Crippen LogP contribution in [-0.4, -0.2) is 45.2 Å². The monoisotopic (exact) mass is 333 g/mol. The number of rotatable bonds is 6. The second-order valence-electron chi connectivity index (χ2n) is 5.91. The average molecular weight is 333 g/mol. The van der Waals surface area contributed by atoms with E-state index in [0.29, 0.717) is 6.54 Å². The van der Waals surface area contributed by atoms with E-state index in [-0.39, 0.29) is 11.9 Å². The third-order valence-corrected chi connectivity index (χ3v) is 5.23. The van der Waals surface area contributed by atoms with E-state index < -0.39 is 0 Å². The van der Waals surface area contributed by atoms with Crippen LogP contribution in [0.15, 0.2) is 11.4 Å². The van der Waals surface area contributed by atoms with Crippen LogP contribution in [0, 0.1) is 6.92 Å². The Bertz CT molecular complexity index is 692. The molecule has 7 heteroatoms. The molecular formula is C16H23N5OS. The van der Waals surface area contributed by atoms with Gasteiger partial charge in [0.05, 0.1) is 12.1 Å². The minimum Gasteiger partial charge on any atom is -0.328 e. The van der Waals surface area contributed by atoms with Crippen LogP contribution >= 0.6 is 11.3 Å². The van der Waals surface area contributed by atoms with Crippen molar-refractivity contribution >= 4 is 17.2 Å². The number of aromatic nitrogens is 3. The molecule has 2 aromatic rings. The molecule has 1 atom stereocenters. The van der Waals surface area contributed by atoms with Crippen LogP contribution in [-0.2, 0) is 6.54 Å². The highest BCUT2D eigenvalue weighted by atomic mass is 32.1. The summed E-state index contributed by atoms with van der Waals surface area (Å²) in [6, 6.07) is 2.14.